The number of carbonyl (C=O) groups is 1. The molecule has 0 aromatic carbocycles. The van der Waals surface area contributed by atoms with Gasteiger partial charge in [-0.05, 0) is 44.9 Å². The third-order valence-corrected chi connectivity index (χ3v) is 14.6. The van der Waals surface area contributed by atoms with Crippen LogP contribution in [0.5, 0.6) is 0 Å². The Kier molecular flexibility index (Phi) is 50.1. The van der Waals surface area contributed by atoms with Gasteiger partial charge in [0, 0.05) is 6.42 Å². The van der Waals surface area contributed by atoms with Gasteiger partial charge in [0.25, 0.3) is 7.82 Å². The van der Waals surface area contributed by atoms with Crippen molar-refractivity contribution in [2.45, 2.75) is 309 Å². The quantitative estimate of drug-likeness (QED) is 0.0272. The monoisotopic (exact) mass is 981 g/mol. The lowest BCUT2D eigenvalue weighted by Crippen LogP contribution is -2.45. The van der Waals surface area contributed by atoms with Gasteiger partial charge in [-0.3, -0.25) is 9.36 Å². The highest BCUT2D eigenvalue weighted by Gasteiger charge is 2.23. The molecule has 3 atom stereocenters. The summed E-state index contributed by atoms with van der Waals surface area (Å²) in [4.78, 5) is 25.5. The molecule has 0 bridgehead atoms. The fourth-order valence-electron chi connectivity index (χ4n) is 8.97. The van der Waals surface area contributed by atoms with Crippen molar-refractivity contribution < 1.29 is 32.9 Å². The second kappa shape index (κ2) is 50.9. The first-order valence-electron chi connectivity index (χ1n) is 29.7. The molecule has 404 valence electrons. The summed E-state index contributed by atoms with van der Waals surface area (Å²) in [6.07, 6.45) is 64.0. The van der Waals surface area contributed by atoms with Gasteiger partial charge in [0.1, 0.15) is 13.2 Å². The average Bonchev–Trinajstić information content (AvgIpc) is 3.30. The topological polar surface area (TPSA) is 108 Å². The number of carbonyl (C=O) groups excluding carboxylic acids is 1. The fraction of sp³-hybridized carbons (Fsp3) is 0.915. The van der Waals surface area contributed by atoms with E-state index in [1.165, 1.54) is 238 Å². The van der Waals surface area contributed by atoms with Crippen molar-refractivity contribution in [3.63, 3.8) is 0 Å². The van der Waals surface area contributed by atoms with Gasteiger partial charge in [0.15, 0.2) is 0 Å². The van der Waals surface area contributed by atoms with Crippen LogP contribution in [0.2, 0.25) is 0 Å². The summed E-state index contributed by atoms with van der Waals surface area (Å²) in [6.45, 7) is 4.69. The smallest absolute Gasteiger partial charge is 0.268 e. The molecule has 9 heteroatoms. The first kappa shape index (κ1) is 67.0. The Balaban J connectivity index is 4.08. The largest absolute Gasteiger partial charge is 0.756 e. The van der Waals surface area contributed by atoms with Gasteiger partial charge in [0.05, 0.1) is 39.9 Å². The molecule has 0 spiro atoms. The third kappa shape index (κ3) is 52.8. The highest BCUT2D eigenvalue weighted by molar-refractivity contribution is 7.45. The average molecular weight is 982 g/mol. The van der Waals surface area contributed by atoms with Crippen LogP contribution in [0.25, 0.3) is 0 Å². The van der Waals surface area contributed by atoms with E-state index in [9.17, 15) is 19.4 Å². The van der Waals surface area contributed by atoms with E-state index >= 15 is 0 Å². The molecule has 0 aliphatic rings. The molecule has 0 aliphatic carbocycles. The lowest BCUT2D eigenvalue weighted by Gasteiger charge is -2.29. The molecule has 68 heavy (non-hydrogen) atoms. The molecule has 0 heterocycles. The molecule has 1 amide bonds. The molecule has 0 aromatic heterocycles. The van der Waals surface area contributed by atoms with Crippen LogP contribution in [0, 0.1) is 0 Å². The lowest BCUT2D eigenvalue weighted by molar-refractivity contribution is -0.870. The third-order valence-electron chi connectivity index (χ3n) is 13.7. The van der Waals surface area contributed by atoms with Crippen molar-refractivity contribution in [2.24, 2.45) is 0 Å². The van der Waals surface area contributed by atoms with Gasteiger partial charge in [-0.15, -0.1) is 0 Å². The molecular weight excluding hydrogens is 864 g/mol. The Bertz CT molecular complexity index is 1160. The van der Waals surface area contributed by atoms with Crippen LogP contribution in [0.1, 0.15) is 296 Å². The van der Waals surface area contributed by atoms with Gasteiger partial charge in [-0.1, -0.05) is 269 Å². The standard InChI is InChI=1S/C59H117N2O6P/c1-6-8-10-12-14-16-18-20-22-24-25-26-27-28-29-30-31-32-33-34-35-36-37-39-41-43-45-47-49-51-53-59(63)60-57(56-67-68(64,65)66-55-54-61(3,4)5)58(62)52-50-48-46-44-42-40-38-23-21-19-17-15-13-11-9-7-2/h28-29,50,52,57-58,62H,6-27,30-49,51,53-56H2,1-5H3,(H-,60,63,64,65)/b29-28-,52-50+. The Labute approximate surface area is 424 Å². The van der Waals surface area contributed by atoms with Crippen molar-refractivity contribution in [3.8, 4) is 0 Å². The molecule has 3 unspecified atom stereocenters. The highest BCUT2D eigenvalue weighted by Crippen LogP contribution is 2.38. The van der Waals surface area contributed by atoms with Crippen LogP contribution in [0.4, 0.5) is 0 Å². The molecule has 0 aromatic rings. The summed E-state index contributed by atoms with van der Waals surface area (Å²) in [5.74, 6) is -0.193. The van der Waals surface area contributed by atoms with Crippen molar-refractivity contribution in [1.82, 2.24) is 5.32 Å². The summed E-state index contributed by atoms with van der Waals surface area (Å²) in [6, 6.07) is -0.884. The summed E-state index contributed by atoms with van der Waals surface area (Å²) in [7, 11) is 1.27. The number of quaternary nitrogens is 1. The van der Waals surface area contributed by atoms with E-state index in [0.29, 0.717) is 17.4 Å². The number of rotatable bonds is 55. The van der Waals surface area contributed by atoms with Gasteiger partial charge in [-0.2, -0.15) is 0 Å². The van der Waals surface area contributed by atoms with Crippen molar-refractivity contribution in [1.29, 1.82) is 0 Å². The molecule has 0 saturated heterocycles. The molecule has 0 fully saturated rings. The molecule has 8 nitrogen and oxygen atoms in total. The minimum Gasteiger partial charge on any atom is -0.756 e. The number of phosphoric ester groups is 1. The van der Waals surface area contributed by atoms with Gasteiger partial charge >= 0.3 is 0 Å². The van der Waals surface area contributed by atoms with E-state index in [2.05, 4.69) is 31.3 Å². The summed E-state index contributed by atoms with van der Waals surface area (Å²) in [5.41, 5.74) is 0. The molecular formula is C59H117N2O6P. The number of phosphoric acid groups is 1. The molecule has 2 N–H and O–H groups in total. The SMILES string of the molecule is CCCCCCCCCCCCCC/C=C\CCCCCCCCCCCCCCCCC(=O)NC(COP(=O)([O-])OCC[N+](C)(C)C)C(O)/C=C/CCCCCCCCCCCCCCCC. The molecule has 0 radical (unpaired) electrons. The van der Waals surface area contributed by atoms with Gasteiger partial charge in [0.2, 0.25) is 5.91 Å². The molecule has 0 aliphatic heterocycles. The van der Waals surface area contributed by atoms with Gasteiger partial charge < -0.3 is 28.8 Å². The van der Waals surface area contributed by atoms with Crippen LogP contribution in [0.15, 0.2) is 24.3 Å². The van der Waals surface area contributed by atoms with Crippen LogP contribution in [0.3, 0.4) is 0 Å². The van der Waals surface area contributed by atoms with Crippen LogP contribution >= 0.6 is 7.82 Å². The van der Waals surface area contributed by atoms with E-state index in [0.717, 1.165) is 38.5 Å². The van der Waals surface area contributed by atoms with Crippen molar-refractivity contribution in [3.05, 3.63) is 24.3 Å². The summed E-state index contributed by atoms with van der Waals surface area (Å²) in [5, 5.41) is 13.9. The van der Waals surface area contributed by atoms with Crippen LogP contribution in [-0.2, 0) is 18.4 Å². The predicted octanol–water partition coefficient (Wildman–Crippen LogP) is 17.4. The zero-order chi connectivity index (χ0) is 49.9. The van der Waals surface area contributed by atoms with Crippen LogP contribution in [-0.4, -0.2) is 68.5 Å². The number of nitrogens with one attached hydrogen (secondary N) is 1. The number of aliphatic hydroxyl groups is 1. The number of hydrogen-bond acceptors (Lipinski definition) is 6. The van der Waals surface area contributed by atoms with E-state index in [-0.39, 0.29) is 19.1 Å². The van der Waals surface area contributed by atoms with Crippen LogP contribution < -0.4 is 10.2 Å². The Hall–Kier alpha value is -1.02. The maximum atomic E-state index is 13.0. The minimum atomic E-state index is -4.59. The molecule has 0 saturated carbocycles. The van der Waals surface area contributed by atoms with E-state index < -0.39 is 20.0 Å². The number of hydrogen-bond donors (Lipinski definition) is 2. The highest BCUT2D eigenvalue weighted by atomic mass is 31.2. The minimum absolute atomic E-state index is 0.00108. The normalized spacial score (nSPS) is 14.0. The first-order chi connectivity index (χ1) is 33.0. The summed E-state index contributed by atoms with van der Waals surface area (Å²) >= 11 is 0. The second-order valence-corrected chi connectivity index (χ2v) is 23.1. The number of aliphatic hydroxyl groups excluding tert-OH is 1. The zero-order valence-corrected chi connectivity index (χ0v) is 47.0. The predicted molar refractivity (Wildman–Crippen MR) is 293 cm³/mol. The maximum Gasteiger partial charge on any atom is 0.268 e. The number of likely N-dealkylation sites (N-methyl/N-ethyl adjacent to an activating group) is 1. The second-order valence-electron chi connectivity index (χ2n) is 21.7. The number of unbranched alkanes of at least 4 members (excludes halogenated alkanes) is 40. The summed E-state index contributed by atoms with van der Waals surface area (Å²) < 4.78 is 23.3. The maximum absolute atomic E-state index is 13.0. The van der Waals surface area contributed by atoms with Crippen molar-refractivity contribution >= 4 is 13.7 Å². The fourth-order valence-corrected chi connectivity index (χ4v) is 9.70. The van der Waals surface area contributed by atoms with Gasteiger partial charge in [-0.25, -0.2) is 0 Å². The lowest BCUT2D eigenvalue weighted by atomic mass is 10.0. The first-order valence-corrected chi connectivity index (χ1v) is 31.2. The van der Waals surface area contributed by atoms with E-state index in [4.69, 9.17) is 9.05 Å². The van der Waals surface area contributed by atoms with E-state index in [1.54, 1.807) is 6.08 Å². The van der Waals surface area contributed by atoms with Crippen molar-refractivity contribution in [2.75, 3.05) is 40.9 Å². The van der Waals surface area contributed by atoms with E-state index in [1.807, 2.05) is 27.2 Å². The molecule has 0 rings (SSSR count). The number of nitrogens with zero attached hydrogens (tertiary/aromatic N) is 1. The Morgan fingerprint density at radius 1 is 0.500 bits per heavy atom. The zero-order valence-electron chi connectivity index (χ0n) is 46.1. The number of amides is 1. The Morgan fingerprint density at radius 3 is 1.15 bits per heavy atom. The number of allylic oxidation sites excluding steroid dienone is 3. The Morgan fingerprint density at radius 2 is 0.809 bits per heavy atom.